The average Bonchev–Trinajstić information content (AvgIpc) is 3.47. The molecule has 0 saturated heterocycles. The van der Waals surface area contributed by atoms with Gasteiger partial charge in [0.15, 0.2) is 5.78 Å². The maximum atomic E-state index is 13.2. The number of methoxy groups -OCH3 is 1. The van der Waals surface area contributed by atoms with E-state index in [-0.39, 0.29) is 41.8 Å². The van der Waals surface area contributed by atoms with E-state index >= 15 is 0 Å². The zero-order chi connectivity index (χ0) is 23.8. The van der Waals surface area contributed by atoms with Crippen molar-refractivity contribution >= 4 is 11.4 Å². The zero-order valence-corrected chi connectivity index (χ0v) is 18.7. The SMILES string of the molecule is COc1cc(-c2cnc3cc(OC(C)(C)CO)ccn23)cc(OC(F)F)c1C(=O)CC1CC1. The van der Waals surface area contributed by atoms with Gasteiger partial charge >= 0.3 is 6.61 Å². The van der Waals surface area contributed by atoms with E-state index in [4.69, 9.17) is 14.2 Å². The summed E-state index contributed by atoms with van der Waals surface area (Å²) in [6, 6.07) is 6.47. The van der Waals surface area contributed by atoms with Crippen molar-refractivity contribution in [1.82, 2.24) is 9.38 Å². The second-order valence-corrected chi connectivity index (χ2v) is 8.75. The van der Waals surface area contributed by atoms with E-state index < -0.39 is 12.2 Å². The quantitative estimate of drug-likeness (QED) is 0.440. The highest BCUT2D eigenvalue weighted by Gasteiger charge is 2.30. The molecular formula is C24H26F2N2O5. The second kappa shape index (κ2) is 8.97. The van der Waals surface area contributed by atoms with Crippen molar-refractivity contribution in [2.45, 2.75) is 45.3 Å². The van der Waals surface area contributed by atoms with Crippen LogP contribution < -0.4 is 14.2 Å². The van der Waals surface area contributed by atoms with Crippen LogP contribution >= 0.6 is 0 Å². The normalized spacial score (nSPS) is 14.0. The lowest BCUT2D eigenvalue weighted by atomic mass is 10.00. The Balaban J connectivity index is 1.75. The number of ether oxygens (including phenoxy) is 3. The number of aromatic nitrogens is 2. The van der Waals surface area contributed by atoms with Crippen LogP contribution in [-0.4, -0.2) is 46.2 Å². The number of benzene rings is 1. The summed E-state index contributed by atoms with van der Waals surface area (Å²) in [5, 5.41) is 9.43. The molecule has 3 aromatic rings. The van der Waals surface area contributed by atoms with E-state index in [0.717, 1.165) is 12.8 Å². The molecule has 0 atom stereocenters. The van der Waals surface area contributed by atoms with Gasteiger partial charge in [0, 0.05) is 24.2 Å². The predicted molar refractivity (Wildman–Crippen MR) is 117 cm³/mol. The molecule has 1 aromatic carbocycles. The van der Waals surface area contributed by atoms with Crippen LogP contribution in [0.3, 0.4) is 0 Å². The second-order valence-electron chi connectivity index (χ2n) is 8.75. The largest absolute Gasteiger partial charge is 0.496 e. The number of hydrogen-bond acceptors (Lipinski definition) is 6. The highest BCUT2D eigenvalue weighted by Crippen LogP contribution is 2.40. The molecule has 0 amide bonds. The van der Waals surface area contributed by atoms with Crippen LogP contribution in [0.1, 0.15) is 43.5 Å². The minimum absolute atomic E-state index is 0.0317. The minimum Gasteiger partial charge on any atom is -0.496 e. The summed E-state index contributed by atoms with van der Waals surface area (Å²) in [5.41, 5.74) is 0.925. The molecule has 33 heavy (non-hydrogen) atoms. The van der Waals surface area contributed by atoms with Crippen molar-refractivity contribution < 1.29 is 32.9 Å². The lowest BCUT2D eigenvalue weighted by molar-refractivity contribution is -0.0502. The maximum absolute atomic E-state index is 13.2. The van der Waals surface area contributed by atoms with Gasteiger partial charge in [0.25, 0.3) is 0 Å². The van der Waals surface area contributed by atoms with E-state index in [0.29, 0.717) is 22.7 Å². The van der Waals surface area contributed by atoms with Crippen LogP contribution in [0.25, 0.3) is 16.9 Å². The Hall–Kier alpha value is -3.20. The molecule has 176 valence electrons. The molecule has 0 unspecified atom stereocenters. The smallest absolute Gasteiger partial charge is 0.387 e. The summed E-state index contributed by atoms with van der Waals surface area (Å²) in [5.74, 6) is 0.493. The number of aliphatic hydroxyl groups is 1. The molecule has 0 aliphatic heterocycles. The molecule has 1 aliphatic rings. The summed E-state index contributed by atoms with van der Waals surface area (Å²) in [6.45, 7) is 0.277. The fraction of sp³-hybridized carbons (Fsp3) is 0.417. The average molecular weight is 460 g/mol. The summed E-state index contributed by atoms with van der Waals surface area (Å²) < 4.78 is 44.1. The minimum atomic E-state index is -3.09. The van der Waals surface area contributed by atoms with Gasteiger partial charge in [-0.15, -0.1) is 0 Å². The molecule has 1 aliphatic carbocycles. The first-order chi connectivity index (χ1) is 15.7. The van der Waals surface area contributed by atoms with E-state index in [2.05, 4.69) is 4.98 Å². The van der Waals surface area contributed by atoms with Gasteiger partial charge in [-0.2, -0.15) is 8.78 Å². The third kappa shape index (κ3) is 5.08. The van der Waals surface area contributed by atoms with Crippen molar-refractivity contribution in [1.29, 1.82) is 0 Å². The first-order valence-electron chi connectivity index (χ1n) is 10.7. The molecule has 0 spiro atoms. The predicted octanol–water partition coefficient (Wildman–Crippen LogP) is 4.74. The Labute approximate surface area is 189 Å². The number of halogens is 2. The molecule has 1 saturated carbocycles. The van der Waals surface area contributed by atoms with Crippen molar-refractivity contribution in [3.63, 3.8) is 0 Å². The van der Waals surface area contributed by atoms with Gasteiger partial charge in [-0.05, 0) is 50.8 Å². The number of hydrogen-bond donors (Lipinski definition) is 1. The summed E-state index contributed by atoms with van der Waals surface area (Å²) >= 11 is 0. The third-order valence-corrected chi connectivity index (χ3v) is 5.51. The number of pyridine rings is 1. The molecule has 4 rings (SSSR count). The van der Waals surface area contributed by atoms with Crippen LogP contribution in [0.5, 0.6) is 17.2 Å². The standard InChI is InChI=1S/C24H26F2N2O5/c1-24(2,13-29)33-16-6-7-28-17(12-27-21(28)11-16)15-9-19(31-3)22(18(30)8-14-4-5-14)20(10-15)32-23(25)26/h6-7,9-12,14,23,29H,4-5,8,13H2,1-3H3. The first-order valence-corrected chi connectivity index (χ1v) is 10.7. The van der Waals surface area contributed by atoms with Gasteiger partial charge in [0.1, 0.15) is 34.1 Å². The van der Waals surface area contributed by atoms with Crippen molar-refractivity contribution in [3.05, 3.63) is 42.2 Å². The molecular weight excluding hydrogens is 434 g/mol. The van der Waals surface area contributed by atoms with Crippen LogP contribution in [0.15, 0.2) is 36.7 Å². The lowest BCUT2D eigenvalue weighted by Gasteiger charge is -2.23. The van der Waals surface area contributed by atoms with Gasteiger partial charge in [0.2, 0.25) is 0 Å². The number of imidazole rings is 1. The Morgan fingerprint density at radius 3 is 2.64 bits per heavy atom. The summed E-state index contributed by atoms with van der Waals surface area (Å²) in [6.07, 6.45) is 5.51. The Morgan fingerprint density at radius 2 is 2.00 bits per heavy atom. The molecule has 2 aromatic heterocycles. The zero-order valence-electron chi connectivity index (χ0n) is 18.7. The van der Waals surface area contributed by atoms with Gasteiger partial charge in [-0.25, -0.2) is 4.98 Å². The lowest BCUT2D eigenvalue weighted by Crippen LogP contribution is -2.32. The number of carbonyl (C=O) groups is 1. The van der Waals surface area contributed by atoms with E-state index in [1.54, 1.807) is 48.8 Å². The first kappa shape index (κ1) is 23.0. The molecule has 2 heterocycles. The maximum Gasteiger partial charge on any atom is 0.387 e. The molecule has 0 bridgehead atoms. The number of ketones is 1. The molecule has 1 fully saturated rings. The molecule has 7 nitrogen and oxygen atoms in total. The van der Waals surface area contributed by atoms with Crippen LogP contribution in [-0.2, 0) is 0 Å². The third-order valence-electron chi connectivity index (χ3n) is 5.51. The van der Waals surface area contributed by atoms with Crippen LogP contribution in [0.4, 0.5) is 8.78 Å². The highest BCUT2D eigenvalue weighted by molar-refractivity contribution is 6.02. The van der Waals surface area contributed by atoms with Gasteiger partial charge in [0.05, 0.1) is 25.6 Å². The molecule has 9 heteroatoms. The van der Waals surface area contributed by atoms with Crippen LogP contribution in [0, 0.1) is 5.92 Å². The van der Waals surface area contributed by atoms with Gasteiger partial charge in [-0.1, -0.05) is 0 Å². The van der Waals surface area contributed by atoms with Crippen molar-refractivity contribution in [2.24, 2.45) is 5.92 Å². The number of Topliss-reactive ketones (excluding diaryl/α,β-unsaturated/α-hetero) is 1. The van der Waals surface area contributed by atoms with Gasteiger partial charge in [-0.3, -0.25) is 9.20 Å². The number of rotatable bonds is 10. The van der Waals surface area contributed by atoms with Crippen LogP contribution in [0.2, 0.25) is 0 Å². The van der Waals surface area contributed by atoms with Crippen molar-refractivity contribution in [2.75, 3.05) is 13.7 Å². The number of carbonyl (C=O) groups excluding carboxylic acids is 1. The summed E-state index contributed by atoms with van der Waals surface area (Å²) in [4.78, 5) is 17.2. The number of alkyl halides is 2. The molecule has 1 N–H and O–H groups in total. The topological polar surface area (TPSA) is 82.3 Å². The van der Waals surface area contributed by atoms with E-state index in [1.807, 2.05) is 0 Å². The summed E-state index contributed by atoms with van der Waals surface area (Å²) in [7, 11) is 1.39. The number of nitrogens with zero attached hydrogens (tertiary/aromatic N) is 2. The highest BCUT2D eigenvalue weighted by atomic mass is 19.3. The van der Waals surface area contributed by atoms with E-state index in [1.165, 1.54) is 13.2 Å². The number of aliphatic hydroxyl groups excluding tert-OH is 1. The molecule has 0 radical (unpaired) electrons. The fourth-order valence-electron chi connectivity index (χ4n) is 3.64. The monoisotopic (exact) mass is 460 g/mol. The van der Waals surface area contributed by atoms with E-state index in [9.17, 15) is 18.7 Å². The van der Waals surface area contributed by atoms with Crippen molar-refractivity contribution in [3.8, 4) is 28.5 Å². The Kier molecular flexibility index (Phi) is 6.25. The Bertz CT molecular complexity index is 1170. The van der Waals surface area contributed by atoms with Gasteiger partial charge < -0.3 is 19.3 Å². The fourth-order valence-corrected chi connectivity index (χ4v) is 3.64. The number of fused-ring (bicyclic) bond motifs is 1. The Morgan fingerprint density at radius 1 is 1.27 bits per heavy atom.